The van der Waals surface area contributed by atoms with Crippen molar-refractivity contribution in [1.82, 2.24) is 9.97 Å². The summed E-state index contributed by atoms with van der Waals surface area (Å²) in [6.07, 6.45) is 0. The fourth-order valence-corrected chi connectivity index (χ4v) is 2.60. The summed E-state index contributed by atoms with van der Waals surface area (Å²) < 4.78 is 10.6. The van der Waals surface area contributed by atoms with Crippen LogP contribution in [-0.4, -0.2) is 24.2 Å². The molecule has 0 aliphatic heterocycles. The largest absolute Gasteiger partial charge is 0.493 e. The topological polar surface area (TPSA) is 44.2 Å². The molecule has 0 saturated carbocycles. The predicted molar refractivity (Wildman–Crippen MR) is 88.1 cm³/mol. The first-order valence-corrected chi connectivity index (χ1v) is 7.23. The number of nitrogens with zero attached hydrogens (tertiary/aromatic N) is 2. The van der Waals surface area contributed by atoms with Crippen molar-refractivity contribution in [3.63, 3.8) is 0 Å². The van der Waals surface area contributed by atoms with Crippen LogP contribution in [0, 0.1) is 0 Å². The Bertz CT molecular complexity index is 853. The van der Waals surface area contributed by atoms with E-state index >= 15 is 0 Å². The lowest BCUT2D eigenvalue weighted by atomic mass is 10.2. The monoisotopic (exact) mass is 334 g/mol. The number of rotatable bonds is 3. The van der Waals surface area contributed by atoms with Crippen molar-refractivity contribution in [3.05, 3.63) is 46.6 Å². The van der Waals surface area contributed by atoms with Gasteiger partial charge in [-0.15, -0.1) is 0 Å². The first-order chi connectivity index (χ1) is 10.6. The highest BCUT2D eigenvalue weighted by molar-refractivity contribution is 6.34. The molecule has 0 bridgehead atoms. The maximum absolute atomic E-state index is 6.30. The minimum atomic E-state index is 0.348. The van der Waals surface area contributed by atoms with Gasteiger partial charge in [-0.2, -0.15) is 0 Å². The van der Waals surface area contributed by atoms with E-state index in [0.29, 0.717) is 38.4 Å². The van der Waals surface area contributed by atoms with E-state index in [1.54, 1.807) is 38.5 Å². The lowest BCUT2D eigenvalue weighted by molar-refractivity contribution is 0.356. The van der Waals surface area contributed by atoms with E-state index in [-0.39, 0.29) is 0 Å². The molecule has 112 valence electrons. The molecule has 0 unspecified atom stereocenters. The highest BCUT2D eigenvalue weighted by Crippen LogP contribution is 2.35. The van der Waals surface area contributed by atoms with Crippen LogP contribution in [0.5, 0.6) is 11.5 Å². The van der Waals surface area contributed by atoms with Crippen LogP contribution in [0.2, 0.25) is 10.2 Å². The second kappa shape index (κ2) is 5.99. The van der Waals surface area contributed by atoms with Gasteiger partial charge in [0.15, 0.2) is 17.3 Å². The molecule has 0 radical (unpaired) electrons. The molecule has 0 amide bonds. The highest BCUT2D eigenvalue weighted by Gasteiger charge is 2.13. The SMILES string of the molecule is COc1cc2nc(-c3cccc(Cl)c3)nc(Cl)c2cc1OC. The van der Waals surface area contributed by atoms with Crippen LogP contribution < -0.4 is 9.47 Å². The van der Waals surface area contributed by atoms with Gasteiger partial charge in [0.05, 0.1) is 19.7 Å². The van der Waals surface area contributed by atoms with Gasteiger partial charge in [-0.3, -0.25) is 0 Å². The molecule has 3 rings (SSSR count). The lowest BCUT2D eigenvalue weighted by Gasteiger charge is -2.10. The Morgan fingerprint density at radius 2 is 1.64 bits per heavy atom. The van der Waals surface area contributed by atoms with Gasteiger partial charge in [0, 0.05) is 22.0 Å². The van der Waals surface area contributed by atoms with E-state index in [2.05, 4.69) is 9.97 Å². The number of halogens is 2. The molecule has 6 heteroatoms. The molecule has 0 saturated heterocycles. The average Bonchev–Trinajstić information content (AvgIpc) is 2.53. The third kappa shape index (κ3) is 2.67. The van der Waals surface area contributed by atoms with Crippen LogP contribution in [0.3, 0.4) is 0 Å². The quantitative estimate of drug-likeness (QED) is 0.655. The van der Waals surface area contributed by atoms with Crippen molar-refractivity contribution in [2.45, 2.75) is 0 Å². The van der Waals surface area contributed by atoms with Gasteiger partial charge in [-0.25, -0.2) is 9.97 Å². The van der Waals surface area contributed by atoms with E-state index in [1.165, 1.54) is 0 Å². The van der Waals surface area contributed by atoms with Crippen molar-refractivity contribution >= 4 is 34.1 Å². The first kappa shape index (κ1) is 14.9. The molecule has 22 heavy (non-hydrogen) atoms. The van der Waals surface area contributed by atoms with Crippen LogP contribution in [0.1, 0.15) is 0 Å². The minimum Gasteiger partial charge on any atom is -0.493 e. The molecule has 3 aromatic rings. The summed E-state index contributed by atoms with van der Waals surface area (Å²) in [6.45, 7) is 0. The Balaban J connectivity index is 2.23. The van der Waals surface area contributed by atoms with Crippen LogP contribution >= 0.6 is 23.2 Å². The molecular formula is C16H12Cl2N2O2. The summed E-state index contributed by atoms with van der Waals surface area (Å²) in [6, 6.07) is 10.8. The van der Waals surface area contributed by atoms with Gasteiger partial charge in [-0.05, 0) is 18.2 Å². The molecule has 1 aromatic heterocycles. The summed E-state index contributed by atoms with van der Waals surface area (Å²) >= 11 is 12.3. The van der Waals surface area contributed by atoms with Crippen molar-refractivity contribution in [3.8, 4) is 22.9 Å². The molecule has 0 aliphatic carbocycles. The molecule has 4 nitrogen and oxygen atoms in total. The number of aromatic nitrogens is 2. The van der Waals surface area contributed by atoms with Crippen molar-refractivity contribution in [1.29, 1.82) is 0 Å². The molecule has 0 atom stereocenters. The van der Waals surface area contributed by atoms with E-state index < -0.39 is 0 Å². The molecule has 0 spiro atoms. The van der Waals surface area contributed by atoms with Crippen molar-refractivity contribution < 1.29 is 9.47 Å². The smallest absolute Gasteiger partial charge is 0.162 e. The summed E-state index contributed by atoms with van der Waals surface area (Å²) in [5.41, 5.74) is 1.47. The van der Waals surface area contributed by atoms with Crippen LogP contribution in [0.15, 0.2) is 36.4 Å². The fourth-order valence-electron chi connectivity index (χ4n) is 2.17. The lowest BCUT2D eigenvalue weighted by Crippen LogP contribution is -1.95. The number of benzene rings is 2. The predicted octanol–water partition coefficient (Wildman–Crippen LogP) is 4.62. The number of hydrogen-bond donors (Lipinski definition) is 0. The van der Waals surface area contributed by atoms with E-state index in [1.807, 2.05) is 12.1 Å². The van der Waals surface area contributed by atoms with Gasteiger partial charge in [0.2, 0.25) is 0 Å². The van der Waals surface area contributed by atoms with Gasteiger partial charge in [0.1, 0.15) is 5.15 Å². The second-order valence-electron chi connectivity index (χ2n) is 4.57. The molecule has 0 N–H and O–H groups in total. The molecular weight excluding hydrogens is 323 g/mol. The fraction of sp³-hybridized carbons (Fsp3) is 0.125. The molecule has 1 heterocycles. The van der Waals surface area contributed by atoms with E-state index in [0.717, 1.165) is 5.56 Å². The van der Waals surface area contributed by atoms with Gasteiger partial charge < -0.3 is 9.47 Å². The van der Waals surface area contributed by atoms with Gasteiger partial charge in [-0.1, -0.05) is 35.3 Å². The second-order valence-corrected chi connectivity index (χ2v) is 5.37. The molecule has 2 aromatic carbocycles. The highest BCUT2D eigenvalue weighted by atomic mass is 35.5. The molecule has 0 aliphatic rings. The zero-order chi connectivity index (χ0) is 15.7. The average molecular weight is 335 g/mol. The third-order valence-electron chi connectivity index (χ3n) is 3.24. The summed E-state index contributed by atoms with van der Waals surface area (Å²) in [5, 5.41) is 1.66. The number of fused-ring (bicyclic) bond motifs is 1. The summed E-state index contributed by atoms with van der Waals surface area (Å²) in [7, 11) is 3.14. The Hall–Kier alpha value is -2.04. The Labute approximate surface area is 137 Å². The Kier molecular flexibility index (Phi) is 4.05. The number of hydrogen-bond acceptors (Lipinski definition) is 4. The summed E-state index contributed by atoms with van der Waals surface area (Å²) in [5.74, 6) is 1.67. The van der Waals surface area contributed by atoms with Crippen LogP contribution in [0.4, 0.5) is 0 Å². The normalized spacial score (nSPS) is 10.7. The maximum atomic E-state index is 6.30. The van der Waals surface area contributed by atoms with Gasteiger partial charge in [0.25, 0.3) is 0 Å². The van der Waals surface area contributed by atoms with E-state index in [4.69, 9.17) is 32.7 Å². The van der Waals surface area contributed by atoms with E-state index in [9.17, 15) is 0 Å². The minimum absolute atomic E-state index is 0.348. The van der Waals surface area contributed by atoms with Crippen molar-refractivity contribution in [2.24, 2.45) is 0 Å². The maximum Gasteiger partial charge on any atom is 0.162 e. The molecule has 0 fully saturated rings. The van der Waals surface area contributed by atoms with Crippen LogP contribution in [-0.2, 0) is 0 Å². The van der Waals surface area contributed by atoms with Gasteiger partial charge >= 0.3 is 0 Å². The standard InChI is InChI=1S/C16H12Cl2N2O2/c1-21-13-7-11-12(8-14(13)22-2)19-16(20-15(11)18)9-4-3-5-10(17)6-9/h3-8H,1-2H3. The third-order valence-corrected chi connectivity index (χ3v) is 3.76. The van der Waals surface area contributed by atoms with Crippen LogP contribution in [0.25, 0.3) is 22.3 Å². The Morgan fingerprint density at radius 3 is 2.32 bits per heavy atom. The zero-order valence-electron chi connectivity index (χ0n) is 11.9. The Morgan fingerprint density at radius 1 is 0.909 bits per heavy atom. The zero-order valence-corrected chi connectivity index (χ0v) is 13.4. The summed E-state index contributed by atoms with van der Waals surface area (Å²) in [4.78, 5) is 8.88. The first-order valence-electron chi connectivity index (χ1n) is 6.47. The van der Waals surface area contributed by atoms with Crippen molar-refractivity contribution in [2.75, 3.05) is 14.2 Å². The number of ether oxygens (including phenoxy) is 2. The number of methoxy groups -OCH3 is 2.